The van der Waals surface area contributed by atoms with Crippen molar-refractivity contribution in [2.45, 2.75) is 50.5 Å². The lowest BCUT2D eigenvalue weighted by atomic mass is 9.97. The Hall–Kier alpha value is -1.52. The van der Waals surface area contributed by atoms with E-state index in [0.29, 0.717) is 19.4 Å². The molecule has 3 N–H and O–H groups in total. The van der Waals surface area contributed by atoms with Gasteiger partial charge in [0.1, 0.15) is 5.54 Å². The van der Waals surface area contributed by atoms with Crippen LogP contribution >= 0.6 is 0 Å². The molecular weight excluding hydrogens is 232 g/mol. The van der Waals surface area contributed by atoms with Crippen molar-refractivity contribution in [1.29, 1.82) is 0 Å². The largest absolute Gasteiger partial charge is 0.480 e. The van der Waals surface area contributed by atoms with Crippen LogP contribution in [0.2, 0.25) is 0 Å². The van der Waals surface area contributed by atoms with Gasteiger partial charge in [-0.25, -0.2) is 9.59 Å². The van der Waals surface area contributed by atoms with Gasteiger partial charge >= 0.3 is 12.0 Å². The van der Waals surface area contributed by atoms with Crippen LogP contribution in [0.25, 0.3) is 0 Å². The minimum atomic E-state index is -0.992. The summed E-state index contributed by atoms with van der Waals surface area (Å²) in [6.45, 7) is 0.577. The van der Waals surface area contributed by atoms with Crippen molar-refractivity contribution in [3.63, 3.8) is 0 Å². The van der Waals surface area contributed by atoms with Gasteiger partial charge in [-0.1, -0.05) is 11.6 Å². The zero-order valence-corrected chi connectivity index (χ0v) is 10.5. The van der Waals surface area contributed by atoms with Crippen LogP contribution in [0.3, 0.4) is 0 Å². The molecule has 100 valence electrons. The van der Waals surface area contributed by atoms with E-state index >= 15 is 0 Å². The lowest BCUT2D eigenvalue weighted by Gasteiger charge is -2.15. The van der Waals surface area contributed by atoms with E-state index in [4.69, 9.17) is 5.11 Å². The third-order valence-corrected chi connectivity index (χ3v) is 3.63. The summed E-state index contributed by atoms with van der Waals surface area (Å²) in [6.07, 6.45) is 8.95. The Morgan fingerprint density at radius 3 is 2.67 bits per heavy atom. The van der Waals surface area contributed by atoms with Crippen molar-refractivity contribution < 1.29 is 14.7 Å². The molecule has 2 rings (SSSR count). The van der Waals surface area contributed by atoms with Gasteiger partial charge in [0.2, 0.25) is 0 Å². The van der Waals surface area contributed by atoms with Crippen molar-refractivity contribution in [3.8, 4) is 0 Å². The maximum atomic E-state index is 11.5. The first kappa shape index (κ1) is 12.9. The number of carbonyl (C=O) groups excluding carboxylic acids is 1. The quantitative estimate of drug-likeness (QED) is 0.653. The van der Waals surface area contributed by atoms with E-state index in [-0.39, 0.29) is 6.03 Å². The Kier molecular flexibility index (Phi) is 3.89. The lowest BCUT2D eigenvalue weighted by Crippen LogP contribution is -2.48. The number of allylic oxidation sites excluding steroid dienone is 1. The number of urea groups is 1. The van der Waals surface area contributed by atoms with Crippen LogP contribution in [-0.4, -0.2) is 29.2 Å². The maximum absolute atomic E-state index is 11.5. The molecule has 0 aliphatic heterocycles. The summed E-state index contributed by atoms with van der Waals surface area (Å²) >= 11 is 0. The molecule has 0 aromatic carbocycles. The van der Waals surface area contributed by atoms with Crippen molar-refractivity contribution in [2.75, 3.05) is 6.54 Å². The predicted molar refractivity (Wildman–Crippen MR) is 67.3 cm³/mol. The standard InChI is InChI=1S/C13H20N2O3/c16-11(17)13(7-8-13)15-12(18)14-9-6-10-4-2-1-3-5-10/h4H,1-3,5-9H2,(H,16,17)(H2,14,15,18). The Labute approximate surface area is 107 Å². The molecule has 5 heteroatoms. The van der Waals surface area contributed by atoms with Gasteiger partial charge in [-0.05, 0) is 44.9 Å². The van der Waals surface area contributed by atoms with Crippen molar-refractivity contribution in [1.82, 2.24) is 10.6 Å². The molecule has 18 heavy (non-hydrogen) atoms. The SMILES string of the molecule is O=C(NCCC1=CCCCC1)NC1(C(=O)O)CC1. The van der Waals surface area contributed by atoms with E-state index in [1.54, 1.807) is 0 Å². The highest BCUT2D eigenvalue weighted by Crippen LogP contribution is 2.35. The number of amides is 2. The van der Waals surface area contributed by atoms with Crippen LogP contribution in [0.5, 0.6) is 0 Å². The van der Waals surface area contributed by atoms with Crippen LogP contribution < -0.4 is 10.6 Å². The Morgan fingerprint density at radius 1 is 1.33 bits per heavy atom. The van der Waals surface area contributed by atoms with E-state index in [1.165, 1.54) is 18.4 Å². The summed E-state index contributed by atoms with van der Waals surface area (Å²) in [5, 5.41) is 14.2. The smallest absolute Gasteiger partial charge is 0.329 e. The number of aliphatic carboxylic acids is 1. The van der Waals surface area contributed by atoms with Crippen molar-refractivity contribution in [3.05, 3.63) is 11.6 Å². The Morgan fingerprint density at radius 2 is 2.11 bits per heavy atom. The molecule has 0 radical (unpaired) electrons. The van der Waals surface area contributed by atoms with Gasteiger partial charge in [-0.3, -0.25) is 0 Å². The van der Waals surface area contributed by atoms with Crippen molar-refractivity contribution in [2.24, 2.45) is 0 Å². The highest BCUT2D eigenvalue weighted by molar-refractivity contribution is 5.88. The van der Waals surface area contributed by atoms with E-state index in [1.807, 2.05) is 0 Å². The van der Waals surface area contributed by atoms with E-state index < -0.39 is 11.5 Å². The summed E-state index contributed by atoms with van der Waals surface area (Å²) in [4.78, 5) is 22.4. The fraction of sp³-hybridized carbons (Fsp3) is 0.692. The second kappa shape index (κ2) is 5.42. The normalized spacial score (nSPS) is 20.8. The van der Waals surface area contributed by atoms with Crippen LogP contribution in [0, 0.1) is 0 Å². The van der Waals surface area contributed by atoms with E-state index in [9.17, 15) is 9.59 Å². The fourth-order valence-corrected chi connectivity index (χ4v) is 2.25. The monoisotopic (exact) mass is 252 g/mol. The van der Waals surface area contributed by atoms with Gasteiger partial charge in [0.15, 0.2) is 0 Å². The number of carboxylic acid groups (broad SMARTS) is 1. The third kappa shape index (κ3) is 3.24. The topological polar surface area (TPSA) is 78.4 Å². The Bertz CT molecular complexity index is 372. The lowest BCUT2D eigenvalue weighted by molar-refractivity contribution is -0.140. The van der Waals surface area contributed by atoms with Gasteiger partial charge in [-0.2, -0.15) is 0 Å². The minimum Gasteiger partial charge on any atom is -0.480 e. The molecule has 2 aliphatic rings. The second-order valence-electron chi connectivity index (χ2n) is 5.13. The second-order valence-corrected chi connectivity index (χ2v) is 5.13. The Balaban J connectivity index is 1.66. The van der Waals surface area contributed by atoms with Crippen LogP contribution in [0.15, 0.2) is 11.6 Å². The minimum absolute atomic E-state index is 0.369. The molecule has 0 heterocycles. The molecule has 0 aromatic heterocycles. The van der Waals surface area contributed by atoms with E-state index in [0.717, 1.165) is 19.3 Å². The van der Waals surface area contributed by atoms with Crippen molar-refractivity contribution >= 4 is 12.0 Å². The molecule has 1 saturated carbocycles. The fourth-order valence-electron chi connectivity index (χ4n) is 2.25. The summed E-state index contributed by atoms with van der Waals surface area (Å²) in [6, 6.07) is -0.369. The first-order valence-electron chi connectivity index (χ1n) is 6.60. The number of carbonyl (C=O) groups is 2. The summed E-state index contributed by atoms with van der Waals surface area (Å²) < 4.78 is 0. The molecule has 2 aliphatic carbocycles. The number of carboxylic acids is 1. The zero-order valence-electron chi connectivity index (χ0n) is 10.5. The number of hydrogen-bond donors (Lipinski definition) is 3. The van der Waals surface area contributed by atoms with Gasteiger partial charge in [0.05, 0.1) is 0 Å². The summed E-state index contributed by atoms with van der Waals surface area (Å²) in [5.74, 6) is -0.937. The third-order valence-electron chi connectivity index (χ3n) is 3.63. The molecule has 2 amide bonds. The van der Waals surface area contributed by atoms with Gasteiger partial charge in [-0.15, -0.1) is 0 Å². The molecular formula is C13H20N2O3. The first-order chi connectivity index (χ1) is 8.62. The molecule has 1 fully saturated rings. The summed E-state index contributed by atoms with van der Waals surface area (Å²) in [7, 11) is 0. The highest BCUT2D eigenvalue weighted by atomic mass is 16.4. The molecule has 0 aromatic rings. The number of hydrogen-bond acceptors (Lipinski definition) is 2. The summed E-state index contributed by atoms with van der Waals surface area (Å²) in [5.41, 5.74) is 0.412. The van der Waals surface area contributed by atoms with E-state index in [2.05, 4.69) is 16.7 Å². The van der Waals surface area contributed by atoms with Crippen LogP contribution in [0.4, 0.5) is 4.79 Å². The zero-order chi connectivity index (χ0) is 13.0. The van der Waals surface area contributed by atoms with Crippen LogP contribution in [0.1, 0.15) is 44.9 Å². The number of rotatable bonds is 5. The van der Waals surface area contributed by atoms with Crippen LogP contribution in [-0.2, 0) is 4.79 Å². The average Bonchev–Trinajstić information content (AvgIpc) is 3.11. The average molecular weight is 252 g/mol. The molecule has 0 atom stereocenters. The molecule has 0 spiro atoms. The predicted octanol–water partition coefficient (Wildman–Crippen LogP) is 1.79. The molecule has 5 nitrogen and oxygen atoms in total. The molecule has 0 saturated heterocycles. The maximum Gasteiger partial charge on any atom is 0.329 e. The highest BCUT2D eigenvalue weighted by Gasteiger charge is 2.51. The number of nitrogens with one attached hydrogen (secondary N) is 2. The van der Waals surface area contributed by atoms with Gasteiger partial charge in [0.25, 0.3) is 0 Å². The van der Waals surface area contributed by atoms with Gasteiger partial charge < -0.3 is 15.7 Å². The molecule has 0 unspecified atom stereocenters. The first-order valence-corrected chi connectivity index (χ1v) is 6.60. The molecule has 0 bridgehead atoms. The van der Waals surface area contributed by atoms with Gasteiger partial charge in [0, 0.05) is 6.54 Å².